The molecule has 4 heteroatoms. The van der Waals surface area contributed by atoms with Gasteiger partial charge >= 0.3 is 5.97 Å². The smallest absolute Gasteiger partial charge is 0.307 e. The summed E-state index contributed by atoms with van der Waals surface area (Å²) in [6.07, 6.45) is 1.66. The maximum Gasteiger partial charge on any atom is 0.307 e. The van der Waals surface area contributed by atoms with Crippen molar-refractivity contribution in [2.24, 2.45) is 0 Å². The van der Waals surface area contributed by atoms with Crippen LogP contribution in [0.5, 0.6) is 0 Å². The highest BCUT2D eigenvalue weighted by atomic mass is 16.5. The summed E-state index contributed by atoms with van der Waals surface area (Å²) in [6, 6.07) is 7.98. The maximum atomic E-state index is 11.4. The maximum absolute atomic E-state index is 11.4. The Hall–Kier alpha value is -1.39. The van der Waals surface area contributed by atoms with Gasteiger partial charge in [0.2, 0.25) is 0 Å². The van der Waals surface area contributed by atoms with Gasteiger partial charge in [-0.15, -0.1) is 0 Å². The summed E-state index contributed by atoms with van der Waals surface area (Å²) >= 11 is 0. The van der Waals surface area contributed by atoms with Crippen LogP contribution in [0.2, 0.25) is 0 Å². The molecule has 1 aromatic rings. The van der Waals surface area contributed by atoms with E-state index in [0.29, 0.717) is 26.0 Å². The molecular weight excluding hydrogens is 278 g/mol. The molecule has 0 aliphatic rings. The first-order valence-electron chi connectivity index (χ1n) is 8.19. The van der Waals surface area contributed by atoms with Crippen LogP contribution in [-0.4, -0.2) is 42.2 Å². The van der Waals surface area contributed by atoms with E-state index in [1.54, 1.807) is 0 Å². The molecule has 1 rings (SSSR count). The highest BCUT2D eigenvalue weighted by molar-refractivity contribution is 5.69. The number of hydrogen-bond acceptors (Lipinski definition) is 4. The Bertz CT molecular complexity index is 430. The fraction of sp³-hybridized carbons (Fsp3) is 0.611. The van der Waals surface area contributed by atoms with Crippen molar-refractivity contribution in [2.45, 2.75) is 46.1 Å². The predicted molar refractivity (Wildman–Crippen MR) is 88.7 cm³/mol. The number of nitrogens with zero attached hydrogens (tertiary/aromatic N) is 1. The lowest BCUT2D eigenvalue weighted by molar-refractivity contribution is -0.143. The molecule has 0 spiro atoms. The molecule has 0 radical (unpaired) electrons. The molecule has 1 N–H and O–H groups in total. The summed E-state index contributed by atoms with van der Waals surface area (Å²) in [5, 5.41) is 10.3. The zero-order valence-electron chi connectivity index (χ0n) is 14.0. The lowest BCUT2D eigenvalue weighted by atomic mass is 10.0. The van der Waals surface area contributed by atoms with Crippen molar-refractivity contribution in [3.8, 4) is 0 Å². The molecule has 0 aliphatic carbocycles. The quantitative estimate of drug-likeness (QED) is 0.675. The standard InChI is InChI=1S/C18H29NO3/c1-4-12-19(14-11-18(21)22-5-2)13-10-17(20)16-8-6-15(3)7-9-16/h6-9,17,20H,4-5,10-14H2,1-3H3. The Morgan fingerprint density at radius 3 is 2.45 bits per heavy atom. The van der Waals surface area contributed by atoms with Crippen LogP contribution in [0.25, 0.3) is 0 Å². The lowest BCUT2D eigenvalue weighted by Gasteiger charge is -2.23. The van der Waals surface area contributed by atoms with Crippen LogP contribution in [0.4, 0.5) is 0 Å². The molecule has 22 heavy (non-hydrogen) atoms. The van der Waals surface area contributed by atoms with Crippen LogP contribution in [-0.2, 0) is 9.53 Å². The molecule has 124 valence electrons. The Balaban J connectivity index is 2.42. The summed E-state index contributed by atoms with van der Waals surface area (Å²) in [4.78, 5) is 13.7. The molecule has 0 aromatic heterocycles. The second kappa shape index (κ2) is 10.4. The summed E-state index contributed by atoms with van der Waals surface area (Å²) in [5.41, 5.74) is 2.14. The van der Waals surface area contributed by atoms with Crippen molar-refractivity contribution in [3.05, 3.63) is 35.4 Å². The topological polar surface area (TPSA) is 49.8 Å². The van der Waals surface area contributed by atoms with E-state index in [0.717, 1.165) is 25.1 Å². The molecule has 0 saturated carbocycles. The SMILES string of the molecule is CCCN(CCC(=O)OCC)CCC(O)c1ccc(C)cc1. The molecule has 0 fully saturated rings. The van der Waals surface area contributed by atoms with Crippen molar-refractivity contribution in [2.75, 3.05) is 26.2 Å². The molecule has 1 atom stereocenters. The van der Waals surface area contributed by atoms with E-state index >= 15 is 0 Å². The minimum absolute atomic E-state index is 0.150. The fourth-order valence-corrected chi connectivity index (χ4v) is 2.39. The average Bonchev–Trinajstić information content (AvgIpc) is 2.50. The van der Waals surface area contributed by atoms with Gasteiger partial charge in [0.05, 0.1) is 19.1 Å². The van der Waals surface area contributed by atoms with Gasteiger partial charge in [-0.1, -0.05) is 36.8 Å². The van der Waals surface area contributed by atoms with Gasteiger partial charge in [0.25, 0.3) is 0 Å². The number of carbonyl (C=O) groups is 1. The van der Waals surface area contributed by atoms with Crippen molar-refractivity contribution in [1.82, 2.24) is 4.90 Å². The van der Waals surface area contributed by atoms with Crippen LogP contribution in [0, 0.1) is 6.92 Å². The van der Waals surface area contributed by atoms with Gasteiger partial charge in [0.1, 0.15) is 0 Å². The van der Waals surface area contributed by atoms with Crippen LogP contribution < -0.4 is 0 Å². The Morgan fingerprint density at radius 2 is 1.86 bits per heavy atom. The largest absolute Gasteiger partial charge is 0.466 e. The molecule has 0 amide bonds. The third-order valence-corrected chi connectivity index (χ3v) is 3.66. The predicted octanol–water partition coefficient (Wildman–Crippen LogP) is 3.08. The number of benzene rings is 1. The van der Waals surface area contributed by atoms with Gasteiger partial charge in [-0.05, 0) is 38.8 Å². The van der Waals surface area contributed by atoms with Gasteiger partial charge in [-0.2, -0.15) is 0 Å². The summed E-state index contributed by atoms with van der Waals surface area (Å²) in [5.74, 6) is -0.150. The number of hydrogen-bond donors (Lipinski definition) is 1. The van der Waals surface area contributed by atoms with Gasteiger partial charge < -0.3 is 14.7 Å². The number of carbonyl (C=O) groups excluding carboxylic acids is 1. The zero-order chi connectivity index (χ0) is 16.4. The number of aliphatic hydroxyl groups excluding tert-OH is 1. The van der Waals surface area contributed by atoms with E-state index in [-0.39, 0.29) is 5.97 Å². The third kappa shape index (κ3) is 7.05. The third-order valence-electron chi connectivity index (χ3n) is 3.66. The van der Waals surface area contributed by atoms with Crippen LogP contribution in [0.15, 0.2) is 24.3 Å². The van der Waals surface area contributed by atoms with Crippen LogP contribution in [0.1, 0.15) is 50.3 Å². The van der Waals surface area contributed by atoms with Crippen LogP contribution in [0.3, 0.4) is 0 Å². The Labute approximate surface area is 134 Å². The highest BCUT2D eigenvalue weighted by Crippen LogP contribution is 2.17. The molecular formula is C18H29NO3. The van der Waals surface area contributed by atoms with E-state index < -0.39 is 6.10 Å². The monoisotopic (exact) mass is 307 g/mol. The molecule has 1 unspecified atom stereocenters. The summed E-state index contributed by atoms with van der Waals surface area (Å²) < 4.78 is 4.96. The molecule has 0 aliphatic heterocycles. The van der Waals surface area contributed by atoms with E-state index in [1.165, 1.54) is 5.56 Å². The van der Waals surface area contributed by atoms with E-state index in [4.69, 9.17) is 4.74 Å². The number of rotatable bonds is 10. The van der Waals surface area contributed by atoms with Gasteiger partial charge in [-0.3, -0.25) is 4.79 Å². The first kappa shape index (κ1) is 18.7. The Morgan fingerprint density at radius 1 is 1.18 bits per heavy atom. The lowest BCUT2D eigenvalue weighted by Crippen LogP contribution is -2.29. The van der Waals surface area contributed by atoms with Crippen molar-refractivity contribution >= 4 is 5.97 Å². The molecule has 4 nitrogen and oxygen atoms in total. The van der Waals surface area contributed by atoms with Crippen molar-refractivity contribution in [1.29, 1.82) is 0 Å². The van der Waals surface area contributed by atoms with Gasteiger partial charge in [0.15, 0.2) is 0 Å². The molecule has 1 aromatic carbocycles. The van der Waals surface area contributed by atoms with E-state index in [9.17, 15) is 9.90 Å². The highest BCUT2D eigenvalue weighted by Gasteiger charge is 2.12. The normalized spacial score (nSPS) is 12.4. The minimum atomic E-state index is -0.456. The van der Waals surface area contributed by atoms with Crippen LogP contribution >= 0.6 is 0 Å². The summed E-state index contributed by atoms with van der Waals surface area (Å²) in [7, 11) is 0. The molecule has 0 heterocycles. The number of ether oxygens (including phenoxy) is 1. The average molecular weight is 307 g/mol. The first-order chi connectivity index (χ1) is 10.6. The number of aliphatic hydroxyl groups is 1. The first-order valence-corrected chi connectivity index (χ1v) is 8.19. The van der Waals surface area contributed by atoms with E-state index in [2.05, 4.69) is 11.8 Å². The zero-order valence-corrected chi connectivity index (χ0v) is 14.0. The molecule has 0 bridgehead atoms. The van der Waals surface area contributed by atoms with E-state index in [1.807, 2.05) is 38.1 Å². The number of esters is 1. The second-order valence-electron chi connectivity index (χ2n) is 5.61. The second-order valence-corrected chi connectivity index (χ2v) is 5.61. The molecule has 0 saturated heterocycles. The van der Waals surface area contributed by atoms with Crippen molar-refractivity contribution < 1.29 is 14.6 Å². The Kier molecular flexibility index (Phi) is 8.78. The fourth-order valence-electron chi connectivity index (χ4n) is 2.39. The van der Waals surface area contributed by atoms with Crippen molar-refractivity contribution in [3.63, 3.8) is 0 Å². The number of aryl methyl sites for hydroxylation is 1. The minimum Gasteiger partial charge on any atom is -0.466 e. The summed E-state index contributed by atoms with van der Waals surface area (Å²) in [6.45, 7) is 8.80. The van der Waals surface area contributed by atoms with Gasteiger partial charge in [0, 0.05) is 13.1 Å². The van der Waals surface area contributed by atoms with Gasteiger partial charge in [-0.25, -0.2) is 0 Å².